The van der Waals surface area contributed by atoms with E-state index in [1.807, 2.05) is 44.7 Å². The van der Waals surface area contributed by atoms with E-state index in [0.717, 1.165) is 16.7 Å². The number of likely N-dealkylation sites (tertiary alicyclic amines) is 1. The number of hydrogen-bond donors (Lipinski definition) is 1. The van der Waals surface area contributed by atoms with Crippen molar-refractivity contribution in [1.82, 2.24) is 20.2 Å². The Morgan fingerprint density at radius 3 is 2.33 bits per heavy atom. The van der Waals surface area contributed by atoms with Gasteiger partial charge in [-0.3, -0.25) is 9.59 Å². The van der Waals surface area contributed by atoms with Crippen LogP contribution in [-0.2, 0) is 16.0 Å². The van der Waals surface area contributed by atoms with Crippen molar-refractivity contribution in [3.8, 4) is 11.1 Å². The van der Waals surface area contributed by atoms with Gasteiger partial charge in [0.2, 0.25) is 11.8 Å². The molecule has 0 radical (unpaired) electrons. The summed E-state index contributed by atoms with van der Waals surface area (Å²) < 4.78 is 0. The Balaban J connectivity index is 1.84. The normalized spacial score (nSPS) is 16.0. The van der Waals surface area contributed by atoms with Gasteiger partial charge >= 0.3 is 0 Å². The van der Waals surface area contributed by atoms with Crippen LogP contribution in [0.15, 0.2) is 43.0 Å². The first kappa shape index (κ1) is 21.9. The molecule has 3 rings (SSSR count). The van der Waals surface area contributed by atoms with Gasteiger partial charge in [-0.1, -0.05) is 38.1 Å². The van der Waals surface area contributed by atoms with Gasteiger partial charge in [0.25, 0.3) is 0 Å². The van der Waals surface area contributed by atoms with Crippen LogP contribution >= 0.6 is 0 Å². The van der Waals surface area contributed by atoms with E-state index < -0.39 is 5.41 Å². The molecule has 0 saturated carbocycles. The molecule has 0 aliphatic carbocycles. The first-order valence-electron chi connectivity index (χ1n) is 10.7. The summed E-state index contributed by atoms with van der Waals surface area (Å²) in [5.41, 5.74) is 2.60. The van der Waals surface area contributed by atoms with E-state index >= 15 is 0 Å². The second-order valence-corrected chi connectivity index (χ2v) is 8.89. The van der Waals surface area contributed by atoms with Crippen LogP contribution in [0, 0.1) is 11.3 Å². The van der Waals surface area contributed by atoms with E-state index in [1.54, 1.807) is 12.4 Å². The Kier molecular flexibility index (Phi) is 6.85. The topological polar surface area (TPSA) is 75.2 Å². The summed E-state index contributed by atoms with van der Waals surface area (Å²) in [6, 6.07) is 8.33. The van der Waals surface area contributed by atoms with Crippen molar-refractivity contribution >= 4 is 11.8 Å². The van der Waals surface area contributed by atoms with Crippen LogP contribution in [0.2, 0.25) is 0 Å². The van der Waals surface area contributed by atoms with E-state index in [4.69, 9.17) is 0 Å². The van der Waals surface area contributed by atoms with E-state index in [9.17, 15) is 9.59 Å². The van der Waals surface area contributed by atoms with Crippen LogP contribution in [0.4, 0.5) is 0 Å². The summed E-state index contributed by atoms with van der Waals surface area (Å²) in [6.07, 6.45) is 7.10. The number of rotatable bonds is 6. The Morgan fingerprint density at radius 2 is 1.73 bits per heavy atom. The lowest BCUT2D eigenvalue weighted by atomic mass is 9.72. The third-order valence-corrected chi connectivity index (χ3v) is 5.79. The van der Waals surface area contributed by atoms with Gasteiger partial charge in [-0.25, -0.2) is 9.97 Å². The van der Waals surface area contributed by atoms with E-state index in [-0.39, 0.29) is 23.8 Å². The maximum atomic E-state index is 13.3. The predicted molar refractivity (Wildman–Crippen MR) is 118 cm³/mol. The minimum Gasteiger partial charge on any atom is -0.353 e. The maximum Gasteiger partial charge on any atom is 0.226 e. The molecule has 1 aliphatic heterocycles. The van der Waals surface area contributed by atoms with Crippen molar-refractivity contribution in [3.63, 3.8) is 0 Å². The van der Waals surface area contributed by atoms with Gasteiger partial charge in [-0.05, 0) is 44.2 Å². The third kappa shape index (κ3) is 5.04. The highest BCUT2D eigenvalue weighted by Crippen LogP contribution is 2.37. The van der Waals surface area contributed by atoms with Crippen molar-refractivity contribution in [3.05, 3.63) is 48.5 Å². The van der Waals surface area contributed by atoms with Crippen molar-refractivity contribution < 1.29 is 9.59 Å². The second-order valence-electron chi connectivity index (χ2n) is 8.89. The van der Waals surface area contributed by atoms with Crippen LogP contribution in [-0.4, -0.2) is 45.8 Å². The van der Waals surface area contributed by atoms with Gasteiger partial charge in [0.05, 0.1) is 5.41 Å². The van der Waals surface area contributed by atoms with Gasteiger partial charge in [0.1, 0.15) is 6.33 Å². The monoisotopic (exact) mass is 408 g/mol. The second kappa shape index (κ2) is 9.37. The van der Waals surface area contributed by atoms with Crippen molar-refractivity contribution in [2.75, 3.05) is 13.1 Å². The van der Waals surface area contributed by atoms with Crippen LogP contribution in [0.1, 0.15) is 46.1 Å². The fourth-order valence-corrected chi connectivity index (χ4v) is 4.12. The highest BCUT2D eigenvalue weighted by molar-refractivity contribution is 5.84. The molecule has 1 saturated heterocycles. The quantitative estimate of drug-likeness (QED) is 0.794. The summed E-state index contributed by atoms with van der Waals surface area (Å²) in [7, 11) is 0. The highest BCUT2D eigenvalue weighted by Gasteiger charge is 2.42. The van der Waals surface area contributed by atoms with Gasteiger partial charge in [-0.2, -0.15) is 0 Å². The zero-order valence-electron chi connectivity index (χ0n) is 18.4. The van der Waals surface area contributed by atoms with Crippen molar-refractivity contribution in [1.29, 1.82) is 0 Å². The third-order valence-electron chi connectivity index (χ3n) is 5.79. The fraction of sp³-hybridized carbons (Fsp3) is 0.500. The number of benzene rings is 1. The molecule has 0 atom stereocenters. The molecule has 1 aliphatic rings. The van der Waals surface area contributed by atoms with E-state index in [2.05, 4.69) is 27.4 Å². The number of amides is 2. The summed E-state index contributed by atoms with van der Waals surface area (Å²) in [5.74, 6) is 0.230. The molecule has 6 heteroatoms. The van der Waals surface area contributed by atoms with Crippen molar-refractivity contribution in [2.45, 2.75) is 53.0 Å². The Labute approximate surface area is 179 Å². The average molecular weight is 409 g/mol. The van der Waals surface area contributed by atoms with Gasteiger partial charge in [0.15, 0.2) is 0 Å². The molecule has 1 fully saturated rings. The number of aromatic nitrogens is 2. The largest absolute Gasteiger partial charge is 0.353 e. The Morgan fingerprint density at radius 1 is 1.07 bits per heavy atom. The first-order valence-corrected chi connectivity index (χ1v) is 10.7. The lowest BCUT2D eigenvalue weighted by Gasteiger charge is -2.41. The molecule has 160 valence electrons. The summed E-state index contributed by atoms with van der Waals surface area (Å²) in [6.45, 7) is 9.06. The molecular formula is C24H32N4O2. The van der Waals surface area contributed by atoms with Crippen LogP contribution in [0.25, 0.3) is 11.1 Å². The van der Waals surface area contributed by atoms with Gasteiger partial charge in [-0.15, -0.1) is 0 Å². The number of piperidine rings is 1. The molecule has 1 aromatic carbocycles. The average Bonchev–Trinajstić information content (AvgIpc) is 2.74. The summed E-state index contributed by atoms with van der Waals surface area (Å²) in [4.78, 5) is 35.8. The number of nitrogens with one attached hydrogen (secondary N) is 1. The zero-order chi connectivity index (χ0) is 21.7. The van der Waals surface area contributed by atoms with E-state index in [0.29, 0.717) is 32.4 Å². The molecule has 2 aromatic rings. The molecule has 30 heavy (non-hydrogen) atoms. The Hall–Kier alpha value is -2.76. The first-order chi connectivity index (χ1) is 14.3. The maximum absolute atomic E-state index is 13.3. The molecule has 2 heterocycles. The minimum atomic E-state index is -0.510. The van der Waals surface area contributed by atoms with Gasteiger partial charge in [0, 0.05) is 43.0 Å². The number of nitrogens with zero attached hydrogens (tertiary/aromatic N) is 3. The predicted octanol–water partition coefficient (Wildman–Crippen LogP) is 3.48. The molecule has 1 aromatic heterocycles. The zero-order valence-corrected chi connectivity index (χ0v) is 18.4. The highest BCUT2D eigenvalue weighted by atomic mass is 16.2. The lowest BCUT2D eigenvalue weighted by Crippen LogP contribution is -2.53. The fourth-order valence-electron chi connectivity index (χ4n) is 4.12. The molecule has 0 bridgehead atoms. The van der Waals surface area contributed by atoms with Gasteiger partial charge < -0.3 is 10.2 Å². The van der Waals surface area contributed by atoms with Crippen LogP contribution < -0.4 is 5.32 Å². The van der Waals surface area contributed by atoms with Crippen LogP contribution in [0.5, 0.6) is 0 Å². The number of carbonyl (C=O) groups is 2. The molecule has 2 amide bonds. The molecule has 0 spiro atoms. The van der Waals surface area contributed by atoms with Crippen molar-refractivity contribution in [2.24, 2.45) is 11.3 Å². The van der Waals surface area contributed by atoms with E-state index in [1.165, 1.54) is 6.33 Å². The molecule has 0 unspecified atom stereocenters. The lowest BCUT2D eigenvalue weighted by molar-refractivity contribution is -0.142. The molecule has 1 N–H and O–H groups in total. The SMILES string of the molecule is CC(C)NC(=O)C1(Cc2cccc(-c3cncnc3)c2)CCN(C(=O)C(C)C)CC1. The number of carbonyl (C=O) groups excluding carboxylic acids is 2. The minimum absolute atomic E-state index is 0.0215. The summed E-state index contributed by atoms with van der Waals surface area (Å²) >= 11 is 0. The molecule has 6 nitrogen and oxygen atoms in total. The standard InChI is InChI=1S/C24H32N4O2/c1-17(2)22(29)28-10-8-24(9-11-28,23(30)27-18(3)4)13-19-6-5-7-20(12-19)21-14-25-16-26-15-21/h5-7,12,14-18H,8-11,13H2,1-4H3,(H,27,30). The smallest absolute Gasteiger partial charge is 0.226 e. The van der Waals surface area contributed by atoms with Crippen LogP contribution in [0.3, 0.4) is 0 Å². The number of hydrogen-bond acceptors (Lipinski definition) is 4. The molecular weight excluding hydrogens is 376 g/mol. The summed E-state index contributed by atoms with van der Waals surface area (Å²) in [5, 5.41) is 3.12. The Bertz CT molecular complexity index is 872.